The maximum atomic E-state index is 11.1. The minimum absolute atomic E-state index is 2.80. The molecule has 0 aliphatic rings. The topological polar surface area (TPSA) is 0 Å². The average Bonchev–Trinajstić information content (AvgIpc) is 1.31. The molecule has 0 bridgehead atoms. The van der Waals surface area contributed by atoms with E-state index in [4.69, 9.17) is 0 Å². The van der Waals surface area contributed by atoms with Gasteiger partial charge in [-0.2, -0.15) is 8.78 Å². The molecular formula is C2HCl2F3. The first-order valence-corrected chi connectivity index (χ1v) is 2.11. The third kappa shape index (κ3) is 3.00. The Balaban J connectivity index is 3.54. The van der Waals surface area contributed by atoms with E-state index in [0.717, 1.165) is 0 Å². The molecule has 44 valence electrons. The van der Waals surface area contributed by atoms with E-state index in [0.29, 0.717) is 0 Å². The van der Waals surface area contributed by atoms with Gasteiger partial charge in [0.1, 0.15) is 0 Å². The molecule has 0 aromatic carbocycles. The highest BCUT2D eigenvalue weighted by molar-refractivity contribution is 6.30. The van der Waals surface area contributed by atoms with Crippen LogP contribution < -0.4 is 0 Å². The fraction of sp³-hybridized carbons (Fsp3) is 1.00. The van der Waals surface area contributed by atoms with E-state index in [1.165, 1.54) is 0 Å². The van der Waals surface area contributed by atoms with E-state index in [-0.39, 0.29) is 0 Å². The number of hydrogen-bond acceptors (Lipinski definition) is 0. The number of rotatable bonds is 1. The van der Waals surface area contributed by atoms with E-state index in [1.54, 1.807) is 0 Å². The normalized spacial score (nSPS) is 16.7. The zero-order valence-electron chi connectivity index (χ0n) is 2.97. The van der Waals surface area contributed by atoms with Gasteiger partial charge in [-0.15, -0.1) is 0 Å². The minimum Gasteiger partial charge on any atom is -0.222 e. The highest BCUT2D eigenvalue weighted by Crippen LogP contribution is 2.28. The van der Waals surface area contributed by atoms with E-state index >= 15 is 0 Å². The molecule has 0 nitrogen and oxygen atoms in total. The number of alkyl halides is 5. The van der Waals surface area contributed by atoms with Crippen LogP contribution in [-0.4, -0.2) is 11.0 Å². The van der Waals surface area contributed by atoms with Crippen LogP contribution in [0.5, 0.6) is 0 Å². The second-order valence-electron chi connectivity index (χ2n) is 0.842. The van der Waals surface area contributed by atoms with Crippen molar-refractivity contribution in [3.8, 4) is 0 Å². The Kier molecular flexibility index (Phi) is 2.20. The van der Waals surface area contributed by atoms with Crippen LogP contribution in [0.1, 0.15) is 0 Å². The van der Waals surface area contributed by atoms with Crippen molar-refractivity contribution >= 4 is 23.2 Å². The van der Waals surface area contributed by atoms with Crippen molar-refractivity contribution in [3.63, 3.8) is 0 Å². The second-order valence-corrected chi connectivity index (χ2v) is 1.73. The van der Waals surface area contributed by atoms with E-state index in [9.17, 15) is 13.2 Å². The summed E-state index contributed by atoms with van der Waals surface area (Å²) >= 11 is 8.23. The summed E-state index contributed by atoms with van der Waals surface area (Å²) in [5, 5.41) is -3.93. The molecule has 0 aromatic rings. The van der Waals surface area contributed by atoms with Crippen LogP contribution in [-0.2, 0) is 0 Å². The van der Waals surface area contributed by atoms with Gasteiger partial charge < -0.3 is 0 Å². The SMILES string of the molecule is F[C@H](Cl)C(F)(F)Cl. The van der Waals surface area contributed by atoms with Crippen LogP contribution in [0.25, 0.3) is 0 Å². The Morgan fingerprint density at radius 3 is 1.57 bits per heavy atom. The molecule has 0 aliphatic heterocycles. The first kappa shape index (κ1) is 7.37. The summed E-state index contributed by atoms with van der Waals surface area (Å²) in [6.45, 7) is 0. The van der Waals surface area contributed by atoms with Crippen molar-refractivity contribution in [3.05, 3.63) is 0 Å². The maximum absolute atomic E-state index is 11.1. The Morgan fingerprint density at radius 1 is 1.43 bits per heavy atom. The first-order chi connectivity index (χ1) is 2.94. The van der Waals surface area contributed by atoms with Crippen LogP contribution in [0.15, 0.2) is 0 Å². The first-order valence-electron chi connectivity index (χ1n) is 1.29. The summed E-state index contributed by atoms with van der Waals surface area (Å²) in [5.74, 6) is 0. The third-order valence-corrected chi connectivity index (χ3v) is 0.825. The summed E-state index contributed by atoms with van der Waals surface area (Å²) in [5.41, 5.74) is -2.80. The highest BCUT2D eigenvalue weighted by Gasteiger charge is 2.35. The summed E-state index contributed by atoms with van der Waals surface area (Å²) < 4.78 is 33.3. The van der Waals surface area contributed by atoms with Gasteiger partial charge in [-0.25, -0.2) is 4.39 Å². The summed E-state index contributed by atoms with van der Waals surface area (Å²) in [7, 11) is 0. The molecule has 0 saturated heterocycles. The molecule has 0 spiro atoms. The Morgan fingerprint density at radius 2 is 1.57 bits per heavy atom. The van der Waals surface area contributed by atoms with Crippen LogP contribution in [0, 0.1) is 0 Å². The maximum Gasteiger partial charge on any atom is 0.366 e. The second kappa shape index (κ2) is 2.09. The molecule has 7 heavy (non-hydrogen) atoms. The summed E-state index contributed by atoms with van der Waals surface area (Å²) in [4.78, 5) is 0. The molecule has 0 rings (SSSR count). The molecule has 1 atom stereocenters. The fourth-order valence-electron chi connectivity index (χ4n) is 0. The van der Waals surface area contributed by atoms with Gasteiger partial charge in [0.25, 0.3) is 5.63 Å². The van der Waals surface area contributed by atoms with Crippen molar-refractivity contribution in [2.24, 2.45) is 0 Å². The molecular weight excluding hydrogens is 152 g/mol. The Hall–Kier alpha value is 0.370. The van der Waals surface area contributed by atoms with E-state index in [1.807, 2.05) is 0 Å². The van der Waals surface area contributed by atoms with Gasteiger partial charge in [-0.05, 0) is 11.6 Å². The van der Waals surface area contributed by atoms with Crippen LogP contribution in [0.2, 0.25) is 0 Å². The standard InChI is InChI=1S/C2HCl2F3/c3-1(5)2(4,6)7/h1H/t1-/m0/s1. The van der Waals surface area contributed by atoms with Crippen molar-refractivity contribution in [1.29, 1.82) is 0 Å². The molecule has 0 heterocycles. The molecule has 0 amide bonds. The molecule has 0 unspecified atom stereocenters. The van der Waals surface area contributed by atoms with Crippen LogP contribution in [0.3, 0.4) is 0 Å². The van der Waals surface area contributed by atoms with Gasteiger partial charge >= 0.3 is 5.38 Å². The van der Waals surface area contributed by atoms with Crippen molar-refractivity contribution in [1.82, 2.24) is 0 Å². The molecule has 0 N–H and O–H groups in total. The number of halogens is 5. The monoisotopic (exact) mass is 152 g/mol. The third-order valence-electron chi connectivity index (χ3n) is 0.247. The lowest BCUT2D eigenvalue weighted by atomic mass is 10.8. The van der Waals surface area contributed by atoms with Gasteiger partial charge in [-0.3, -0.25) is 0 Å². The summed E-state index contributed by atoms with van der Waals surface area (Å²) in [6, 6.07) is 0. The lowest BCUT2D eigenvalue weighted by molar-refractivity contribution is 0.0451. The predicted octanol–water partition coefficient (Wildman–Crippen LogP) is 2.35. The summed E-state index contributed by atoms with van der Waals surface area (Å²) in [6.07, 6.45) is 0. The minimum atomic E-state index is -3.93. The zero-order valence-corrected chi connectivity index (χ0v) is 4.48. The largest absolute Gasteiger partial charge is 0.366 e. The Bertz CT molecular complexity index is 56.4. The predicted molar refractivity (Wildman–Crippen MR) is 21.5 cm³/mol. The Labute approximate surface area is 48.2 Å². The lowest BCUT2D eigenvalue weighted by Crippen LogP contribution is -2.16. The van der Waals surface area contributed by atoms with Gasteiger partial charge in [0.2, 0.25) is 0 Å². The van der Waals surface area contributed by atoms with E-state index < -0.39 is 11.0 Å². The van der Waals surface area contributed by atoms with Gasteiger partial charge in [0.15, 0.2) is 0 Å². The van der Waals surface area contributed by atoms with Crippen molar-refractivity contribution in [2.75, 3.05) is 0 Å². The molecule has 0 radical (unpaired) electrons. The molecule has 0 aromatic heterocycles. The molecule has 0 aliphatic carbocycles. The van der Waals surface area contributed by atoms with Gasteiger partial charge in [0.05, 0.1) is 0 Å². The lowest BCUT2D eigenvalue weighted by Gasteiger charge is -2.03. The van der Waals surface area contributed by atoms with Crippen molar-refractivity contribution in [2.45, 2.75) is 11.0 Å². The van der Waals surface area contributed by atoms with Crippen LogP contribution in [0.4, 0.5) is 13.2 Å². The molecule has 0 saturated carbocycles. The average molecular weight is 153 g/mol. The quantitative estimate of drug-likeness (QED) is 0.507. The highest BCUT2D eigenvalue weighted by atomic mass is 35.5. The smallest absolute Gasteiger partial charge is 0.222 e. The van der Waals surface area contributed by atoms with Gasteiger partial charge in [0, 0.05) is 0 Å². The number of hydrogen-bond donors (Lipinski definition) is 0. The van der Waals surface area contributed by atoms with Crippen molar-refractivity contribution < 1.29 is 13.2 Å². The van der Waals surface area contributed by atoms with Crippen LogP contribution >= 0.6 is 23.2 Å². The molecule has 5 heteroatoms. The molecule has 0 fully saturated rings. The van der Waals surface area contributed by atoms with Gasteiger partial charge in [-0.1, -0.05) is 11.6 Å². The fourth-order valence-corrected chi connectivity index (χ4v) is 0. The zero-order chi connectivity index (χ0) is 6.08. The van der Waals surface area contributed by atoms with E-state index in [2.05, 4.69) is 23.2 Å².